The number of rotatable bonds is 5. The van der Waals surface area contributed by atoms with E-state index in [1.165, 1.54) is 0 Å². The van der Waals surface area contributed by atoms with Crippen LogP contribution in [-0.2, 0) is 23.7 Å². The highest BCUT2D eigenvalue weighted by Crippen LogP contribution is 2.39. The molecular weight excluding hydrogens is 514 g/mol. The van der Waals surface area contributed by atoms with Crippen LogP contribution in [0, 0.1) is 23.2 Å². The van der Waals surface area contributed by atoms with Crippen LogP contribution in [-0.4, -0.2) is 129 Å². The van der Waals surface area contributed by atoms with Gasteiger partial charge in [-0.2, -0.15) is 0 Å². The molecule has 1 unspecified atom stereocenters. The lowest BCUT2D eigenvalue weighted by Gasteiger charge is -2.47. The Bertz CT molecular complexity index is 823. The van der Waals surface area contributed by atoms with Gasteiger partial charge in [-0.3, -0.25) is 4.79 Å². The number of carbonyl (C=O) groups is 1. The molecule has 3 aliphatic heterocycles. The lowest BCUT2D eigenvalue weighted by atomic mass is 9.74. The average molecular weight is 572 g/mol. The number of ketones is 1. The summed E-state index contributed by atoms with van der Waals surface area (Å²) < 4.78 is 25.0. The Hall–Kier alpha value is -0.690. The summed E-state index contributed by atoms with van der Waals surface area (Å²) >= 11 is 0. The molecule has 40 heavy (non-hydrogen) atoms. The summed E-state index contributed by atoms with van der Waals surface area (Å²) in [7, 11) is 7.64. The molecular formula is C30H57N3O7. The Kier molecular flexibility index (Phi) is 11.6. The van der Waals surface area contributed by atoms with Crippen molar-refractivity contribution in [2.45, 2.75) is 109 Å². The van der Waals surface area contributed by atoms with Crippen molar-refractivity contribution in [3.63, 3.8) is 0 Å². The molecule has 10 nitrogen and oxygen atoms in total. The number of nitrogens with zero attached hydrogens (tertiary/aromatic N) is 2. The van der Waals surface area contributed by atoms with Crippen LogP contribution in [0.15, 0.2) is 0 Å². The number of methoxy groups -OCH3 is 1. The normalized spacial score (nSPS) is 44.7. The second-order valence-corrected chi connectivity index (χ2v) is 13.8. The summed E-state index contributed by atoms with van der Waals surface area (Å²) in [6.07, 6.45) is -1.63. The zero-order valence-electron chi connectivity index (χ0n) is 26.6. The molecule has 3 rings (SSSR count). The molecule has 3 N–H and O–H groups in total. The van der Waals surface area contributed by atoms with Crippen LogP contribution in [0.25, 0.3) is 0 Å². The second-order valence-electron chi connectivity index (χ2n) is 13.8. The lowest BCUT2D eigenvalue weighted by molar-refractivity contribution is -0.296. The molecule has 0 spiro atoms. The Balaban J connectivity index is 1.99. The van der Waals surface area contributed by atoms with Gasteiger partial charge in [-0.25, -0.2) is 0 Å². The van der Waals surface area contributed by atoms with E-state index in [4.69, 9.17) is 18.9 Å². The van der Waals surface area contributed by atoms with Gasteiger partial charge in [0.2, 0.25) is 0 Å². The van der Waals surface area contributed by atoms with E-state index in [-0.39, 0.29) is 29.9 Å². The van der Waals surface area contributed by atoms with Gasteiger partial charge in [0.1, 0.15) is 11.9 Å². The molecule has 3 heterocycles. The van der Waals surface area contributed by atoms with Gasteiger partial charge >= 0.3 is 0 Å². The number of nitrogens with one attached hydrogen (secondary N) is 1. The quantitative estimate of drug-likeness (QED) is 0.451. The van der Waals surface area contributed by atoms with Crippen LogP contribution in [0.1, 0.15) is 60.8 Å². The van der Waals surface area contributed by atoms with Crippen molar-refractivity contribution < 1.29 is 34.0 Å². The number of aliphatic hydroxyl groups is 2. The van der Waals surface area contributed by atoms with Crippen molar-refractivity contribution >= 4 is 5.78 Å². The van der Waals surface area contributed by atoms with E-state index in [2.05, 4.69) is 24.2 Å². The van der Waals surface area contributed by atoms with Crippen LogP contribution in [0.3, 0.4) is 0 Å². The fourth-order valence-corrected chi connectivity index (χ4v) is 7.16. The maximum absolute atomic E-state index is 14.1. The Morgan fingerprint density at radius 2 is 1.82 bits per heavy atom. The van der Waals surface area contributed by atoms with Gasteiger partial charge in [0.15, 0.2) is 12.6 Å². The fraction of sp³-hybridized carbons (Fsp3) is 0.967. The van der Waals surface area contributed by atoms with Crippen molar-refractivity contribution in [2.75, 3.05) is 54.5 Å². The highest BCUT2D eigenvalue weighted by molar-refractivity contribution is 5.87. The molecule has 3 saturated heterocycles. The predicted molar refractivity (Wildman–Crippen MR) is 154 cm³/mol. The third kappa shape index (κ3) is 7.44. The van der Waals surface area contributed by atoms with Crippen LogP contribution in [0.2, 0.25) is 0 Å². The van der Waals surface area contributed by atoms with Crippen molar-refractivity contribution in [3.8, 4) is 0 Å². The Morgan fingerprint density at radius 1 is 1.15 bits per heavy atom. The van der Waals surface area contributed by atoms with Gasteiger partial charge in [-0.05, 0) is 93.0 Å². The molecule has 0 bridgehead atoms. The molecule has 234 valence electrons. The molecule has 3 aliphatic rings. The number of Topliss-reactive ketones (excluding diaryl/α,β-unsaturated/α-hetero) is 1. The zero-order chi connectivity index (χ0) is 30.0. The standard InChI is InChI=1S/C30H57N3O7/c1-18-14-30(6,37-10)26(40-27-24(34)22(32(7)8)13-19(2)39-27)20(3)25(35)29(4,5)28(36)38-17-23(33(9)16-18)21-11-12-31-15-21/h18-24,26-28,31,34,36H,11-17H2,1-10H3/t18-,19-,20+,21+,22+,23-,24-,26-,27+,28?,30-/m1/s1. The summed E-state index contributed by atoms with van der Waals surface area (Å²) in [5, 5.41) is 25.9. The summed E-state index contributed by atoms with van der Waals surface area (Å²) in [5.74, 6) is -0.266. The molecule has 0 saturated carbocycles. The van der Waals surface area contributed by atoms with Gasteiger partial charge in [0.25, 0.3) is 0 Å². The molecule has 0 aromatic heterocycles. The van der Waals surface area contributed by atoms with Crippen molar-refractivity contribution in [1.82, 2.24) is 15.1 Å². The maximum Gasteiger partial charge on any atom is 0.185 e. The van der Waals surface area contributed by atoms with Crippen LogP contribution in [0.4, 0.5) is 0 Å². The third-order valence-corrected chi connectivity index (χ3v) is 9.73. The minimum absolute atomic E-state index is 0.104. The van der Waals surface area contributed by atoms with Gasteiger partial charge < -0.3 is 44.3 Å². The van der Waals surface area contributed by atoms with Crippen molar-refractivity contribution in [3.05, 3.63) is 0 Å². The molecule has 0 radical (unpaired) electrons. The fourth-order valence-electron chi connectivity index (χ4n) is 7.16. The van der Waals surface area contributed by atoms with Gasteiger partial charge in [-0.1, -0.05) is 13.8 Å². The maximum atomic E-state index is 14.1. The molecule has 0 aliphatic carbocycles. The van der Waals surface area contributed by atoms with E-state index in [9.17, 15) is 15.0 Å². The number of likely N-dealkylation sites (N-methyl/N-ethyl adjacent to an activating group) is 2. The SMILES string of the molecule is CO[C@]1(C)C[C@@H](C)CN(C)[C@@H]([C@H]2CCNC2)COC(O)C(C)(C)C(=O)[C@H](C)[C@H]1O[C@@H]1O[C@H](C)C[C@H](N(C)C)[C@H]1O. The van der Waals surface area contributed by atoms with E-state index >= 15 is 0 Å². The first kappa shape index (κ1) is 33.8. The third-order valence-electron chi connectivity index (χ3n) is 9.73. The smallest absolute Gasteiger partial charge is 0.185 e. The molecule has 0 aromatic carbocycles. The molecule has 10 heteroatoms. The van der Waals surface area contributed by atoms with Gasteiger partial charge in [0, 0.05) is 31.7 Å². The average Bonchev–Trinajstić information content (AvgIpc) is 3.41. The van der Waals surface area contributed by atoms with Crippen LogP contribution < -0.4 is 5.32 Å². The van der Waals surface area contributed by atoms with E-state index in [0.717, 1.165) is 26.1 Å². The number of carbonyl (C=O) groups excluding carboxylic acids is 1. The summed E-state index contributed by atoms with van der Waals surface area (Å²) in [6, 6.07) is -0.0446. The molecule has 3 fully saturated rings. The van der Waals surface area contributed by atoms with E-state index in [0.29, 0.717) is 25.4 Å². The highest BCUT2D eigenvalue weighted by Gasteiger charge is 2.51. The van der Waals surface area contributed by atoms with Crippen molar-refractivity contribution in [1.29, 1.82) is 0 Å². The lowest BCUT2D eigenvalue weighted by Crippen LogP contribution is -2.59. The minimum atomic E-state index is -1.28. The van der Waals surface area contributed by atoms with E-state index < -0.39 is 41.7 Å². The molecule has 11 atom stereocenters. The molecule has 0 aromatic rings. The van der Waals surface area contributed by atoms with E-state index in [1.54, 1.807) is 21.0 Å². The van der Waals surface area contributed by atoms with Gasteiger partial charge in [-0.15, -0.1) is 0 Å². The van der Waals surface area contributed by atoms with Crippen molar-refractivity contribution in [2.24, 2.45) is 23.2 Å². The monoisotopic (exact) mass is 571 g/mol. The first-order chi connectivity index (χ1) is 18.6. The number of aliphatic hydroxyl groups excluding tert-OH is 2. The summed E-state index contributed by atoms with van der Waals surface area (Å²) in [4.78, 5) is 18.4. The summed E-state index contributed by atoms with van der Waals surface area (Å²) in [5.41, 5.74) is -2.06. The number of ether oxygens (including phenoxy) is 4. The van der Waals surface area contributed by atoms with E-state index in [1.807, 2.05) is 39.8 Å². The number of hydrogen-bond donors (Lipinski definition) is 3. The largest absolute Gasteiger partial charge is 0.386 e. The second kappa shape index (κ2) is 13.7. The first-order valence-corrected chi connectivity index (χ1v) is 15.1. The number of hydrogen-bond acceptors (Lipinski definition) is 10. The van der Waals surface area contributed by atoms with Crippen LogP contribution in [0.5, 0.6) is 0 Å². The molecule has 0 amide bonds. The first-order valence-electron chi connectivity index (χ1n) is 15.1. The summed E-state index contributed by atoms with van der Waals surface area (Å²) in [6.45, 7) is 14.4. The minimum Gasteiger partial charge on any atom is -0.386 e. The predicted octanol–water partition coefficient (Wildman–Crippen LogP) is 1.72. The Morgan fingerprint density at radius 3 is 2.40 bits per heavy atom. The van der Waals surface area contributed by atoms with Crippen LogP contribution >= 0.6 is 0 Å². The highest BCUT2D eigenvalue weighted by atomic mass is 16.7. The Labute approximate surface area is 242 Å². The van der Waals surface area contributed by atoms with Gasteiger partial charge in [0.05, 0.1) is 29.8 Å². The zero-order valence-corrected chi connectivity index (χ0v) is 26.6. The topological polar surface area (TPSA) is 113 Å².